The minimum absolute atomic E-state index is 0.199. The van der Waals surface area contributed by atoms with E-state index < -0.39 is 11.7 Å². The largest absolute Gasteiger partial charge is 0.444 e. The first kappa shape index (κ1) is 22.8. The van der Waals surface area contributed by atoms with Crippen molar-refractivity contribution in [1.82, 2.24) is 30.8 Å². The van der Waals surface area contributed by atoms with Gasteiger partial charge in [-0.1, -0.05) is 15.9 Å². The molecular formula is C23H25BrN6O3. The van der Waals surface area contributed by atoms with Crippen LogP contribution in [-0.4, -0.2) is 50.9 Å². The molecule has 33 heavy (non-hydrogen) atoms. The Hall–Kier alpha value is -3.40. The van der Waals surface area contributed by atoms with Gasteiger partial charge in [0.2, 0.25) is 0 Å². The number of nitrogens with zero attached hydrogens (tertiary/aromatic N) is 2. The third-order valence-electron chi connectivity index (χ3n) is 4.80. The summed E-state index contributed by atoms with van der Waals surface area (Å²) in [5.41, 5.74) is 3.16. The summed E-state index contributed by atoms with van der Waals surface area (Å²) in [5, 5.41) is 13.7. The van der Waals surface area contributed by atoms with Gasteiger partial charge in [-0.25, -0.2) is 9.78 Å². The lowest BCUT2D eigenvalue weighted by Crippen LogP contribution is -2.34. The summed E-state index contributed by atoms with van der Waals surface area (Å²) in [4.78, 5) is 32.2. The fourth-order valence-corrected chi connectivity index (χ4v) is 3.69. The lowest BCUT2D eigenvalue weighted by atomic mass is 10.1. The molecule has 10 heteroatoms. The van der Waals surface area contributed by atoms with E-state index in [0.29, 0.717) is 36.6 Å². The second-order valence-electron chi connectivity index (χ2n) is 8.62. The Kier molecular flexibility index (Phi) is 6.37. The standard InChI is InChI=1S/C23H25BrN6O3/c1-23(2,3)33-22(32)26-10-4-9-25-21(31)13-5-7-16-15(11-13)19(30-29-16)20-27-17-8-6-14(24)12-18(17)28-20/h5-8,11-12H,4,9-10H2,1-3H3,(H,25,31)(H,26,32)(H,27,28)(H,29,30). The number of fused-ring (bicyclic) bond motifs is 2. The van der Waals surface area contributed by atoms with Crippen molar-refractivity contribution in [3.8, 4) is 11.5 Å². The maximum Gasteiger partial charge on any atom is 0.407 e. The number of carbonyl (C=O) groups is 2. The Labute approximate surface area is 198 Å². The van der Waals surface area contributed by atoms with E-state index in [9.17, 15) is 9.59 Å². The summed E-state index contributed by atoms with van der Waals surface area (Å²) in [6.07, 6.45) is 0.114. The molecule has 0 bridgehead atoms. The van der Waals surface area contributed by atoms with Crippen LogP contribution in [0.5, 0.6) is 0 Å². The first-order valence-electron chi connectivity index (χ1n) is 10.6. The number of alkyl carbamates (subject to hydrolysis) is 1. The highest BCUT2D eigenvalue weighted by atomic mass is 79.9. The Balaban J connectivity index is 1.40. The van der Waals surface area contributed by atoms with Crippen molar-refractivity contribution in [2.45, 2.75) is 32.8 Å². The number of H-pyrrole nitrogens is 2. The minimum atomic E-state index is -0.540. The molecule has 0 unspecified atom stereocenters. The molecule has 0 saturated heterocycles. The second-order valence-corrected chi connectivity index (χ2v) is 9.53. The molecule has 2 amide bonds. The van der Waals surface area contributed by atoms with E-state index in [2.05, 4.69) is 46.7 Å². The fraction of sp³-hybridized carbons (Fsp3) is 0.304. The number of aromatic amines is 2. The molecule has 0 radical (unpaired) electrons. The van der Waals surface area contributed by atoms with Crippen molar-refractivity contribution >= 4 is 49.9 Å². The summed E-state index contributed by atoms with van der Waals surface area (Å²) in [6.45, 7) is 6.25. The van der Waals surface area contributed by atoms with Crippen molar-refractivity contribution in [2.75, 3.05) is 13.1 Å². The predicted molar refractivity (Wildman–Crippen MR) is 130 cm³/mol. The lowest BCUT2D eigenvalue weighted by molar-refractivity contribution is 0.0527. The van der Waals surface area contributed by atoms with E-state index in [-0.39, 0.29) is 5.91 Å². The molecule has 2 aromatic heterocycles. The SMILES string of the molecule is CC(C)(C)OC(=O)NCCCNC(=O)c1ccc2[nH]nc(-c3nc4ccc(Br)cc4[nH]3)c2c1. The third kappa shape index (κ3) is 5.51. The molecule has 4 aromatic rings. The van der Waals surface area contributed by atoms with Gasteiger partial charge in [0, 0.05) is 28.5 Å². The minimum Gasteiger partial charge on any atom is -0.444 e. The number of benzene rings is 2. The maximum absolute atomic E-state index is 12.6. The number of imidazole rings is 1. The topological polar surface area (TPSA) is 125 Å². The van der Waals surface area contributed by atoms with Crippen LogP contribution in [0, 0.1) is 0 Å². The van der Waals surface area contributed by atoms with Crippen LogP contribution in [0.2, 0.25) is 0 Å². The number of carbonyl (C=O) groups excluding carboxylic acids is 2. The first-order chi connectivity index (χ1) is 15.7. The van der Waals surface area contributed by atoms with Gasteiger partial charge in [0.25, 0.3) is 5.91 Å². The molecule has 4 rings (SSSR count). The van der Waals surface area contributed by atoms with E-state index in [1.807, 2.05) is 45.0 Å². The van der Waals surface area contributed by atoms with Gasteiger partial charge in [0.1, 0.15) is 11.3 Å². The highest BCUT2D eigenvalue weighted by molar-refractivity contribution is 9.10. The Morgan fingerprint density at radius 1 is 1.06 bits per heavy atom. The molecule has 4 N–H and O–H groups in total. The first-order valence-corrected chi connectivity index (χ1v) is 11.4. The smallest absolute Gasteiger partial charge is 0.407 e. The second kappa shape index (κ2) is 9.22. The average Bonchev–Trinajstić information content (AvgIpc) is 3.34. The van der Waals surface area contributed by atoms with Crippen LogP contribution in [0.3, 0.4) is 0 Å². The summed E-state index contributed by atoms with van der Waals surface area (Å²) in [5.74, 6) is 0.426. The summed E-state index contributed by atoms with van der Waals surface area (Å²) in [6, 6.07) is 11.2. The number of nitrogens with one attached hydrogen (secondary N) is 4. The van der Waals surface area contributed by atoms with E-state index in [1.54, 1.807) is 12.1 Å². The molecule has 0 spiro atoms. The zero-order valence-corrected chi connectivity index (χ0v) is 20.2. The molecule has 0 fully saturated rings. The third-order valence-corrected chi connectivity index (χ3v) is 5.29. The van der Waals surface area contributed by atoms with Crippen LogP contribution in [0.15, 0.2) is 40.9 Å². The molecule has 0 saturated carbocycles. The van der Waals surface area contributed by atoms with Gasteiger partial charge >= 0.3 is 6.09 Å². The quantitative estimate of drug-likeness (QED) is 0.283. The van der Waals surface area contributed by atoms with Gasteiger partial charge in [0.15, 0.2) is 5.82 Å². The van der Waals surface area contributed by atoms with E-state index in [0.717, 1.165) is 26.4 Å². The Morgan fingerprint density at radius 3 is 2.64 bits per heavy atom. The molecule has 2 heterocycles. The highest BCUT2D eigenvalue weighted by Gasteiger charge is 2.16. The number of aromatic nitrogens is 4. The van der Waals surface area contributed by atoms with Crippen molar-refractivity contribution in [3.05, 3.63) is 46.4 Å². The molecule has 0 aliphatic rings. The van der Waals surface area contributed by atoms with E-state index in [1.165, 1.54) is 0 Å². The van der Waals surface area contributed by atoms with Crippen molar-refractivity contribution < 1.29 is 14.3 Å². The van der Waals surface area contributed by atoms with Crippen LogP contribution in [0.25, 0.3) is 33.5 Å². The van der Waals surface area contributed by atoms with Gasteiger partial charge < -0.3 is 20.4 Å². The Bertz CT molecular complexity index is 1320. The zero-order valence-electron chi connectivity index (χ0n) is 18.6. The molecular weight excluding hydrogens is 488 g/mol. The number of rotatable bonds is 6. The molecule has 2 aromatic carbocycles. The van der Waals surface area contributed by atoms with Crippen LogP contribution in [0.4, 0.5) is 4.79 Å². The maximum atomic E-state index is 12.6. The fourth-order valence-electron chi connectivity index (χ4n) is 3.33. The normalized spacial score (nSPS) is 11.6. The van der Waals surface area contributed by atoms with Crippen molar-refractivity contribution in [3.63, 3.8) is 0 Å². The van der Waals surface area contributed by atoms with E-state index in [4.69, 9.17) is 4.74 Å². The summed E-state index contributed by atoms with van der Waals surface area (Å²) >= 11 is 3.46. The van der Waals surface area contributed by atoms with Crippen molar-refractivity contribution in [1.29, 1.82) is 0 Å². The molecule has 0 aliphatic heterocycles. The number of hydrogen-bond acceptors (Lipinski definition) is 5. The average molecular weight is 513 g/mol. The molecule has 9 nitrogen and oxygen atoms in total. The van der Waals surface area contributed by atoms with Crippen LogP contribution < -0.4 is 10.6 Å². The van der Waals surface area contributed by atoms with Crippen LogP contribution >= 0.6 is 15.9 Å². The Morgan fingerprint density at radius 2 is 1.85 bits per heavy atom. The molecule has 0 atom stereocenters. The number of ether oxygens (including phenoxy) is 1. The predicted octanol–water partition coefficient (Wildman–Crippen LogP) is 4.51. The van der Waals surface area contributed by atoms with Gasteiger partial charge in [0.05, 0.1) is 16.6 Å². The number of amides is 2. The summed E-state index contributed by atoms with van der Waals surface area (Å²) < 4.78 is 6.14. The van der Waals surface area contributed by atoms with Crippen LogP contribution in [0.1, 0.15) is 37.6 Å². The van der Waals surface area contributed by atoms with Gasteiger partial charge in [-0.05, 0) is 63.6 Å². The zero-order chi connectivity index (χ0) is 23.6. The number of hydrogen-bond donors (Lipinski definition) is 4. The summed E-state index contributed by atoms with van der Waals surface area (Å²) in [7, 11) is 0. The van der Waals surface area contributed by atoms with Gasteiger partial charge in [-0.15, -0.1) is 0 Å². The van der Waals surface area contributed by atoms with Gasteiger partial charge in [-0.2, -0.15) is 5.10 Å². The monoisotopic (exact) mass is 512 g/mol. The molecule has 172 valence electrons. The highest BCUT2D eigenvalue weighted by Crippen LogP contribution is 2.28. The number of halogens is 1. The van der Waals surface area contributed by atoms with Crippen molar-refractivity contribution in [2.24, 2.45) is 0 Å². The molecule has 0 aliphatic carbocycles. The van der Waals surface area contributed by atoms with Crippen LogP contribution in [-0.2, 0) is 4.74 Å². The lowest BCUT2D eigenvalue weighted by Gasteiger charge is -2.19. The van der Waals surface area contributed by atoms with Gasteiger partial charge in [-0.3, -0.25) is 9.89 Å². The van der Waals surface area contributed by atoms with E-state index >= 15 is 0 Å².